The van der Waals surface area contributed by atoms with Crippen molar-refractivity contribution in [3.63, 3.8) is 0 Å². The molecule has 0 saturated heterocycles. The molecule has 100 valence electrons. The van der Waals surface area contributed by atoms with Gasteiger partial charge in [0, 0.05) is 19.8 Å². The Morgan fingerprint density at radius 2 is 2.11 bits per heavy atom. The molecular formula is C14H18N4O. The summed E-state index contributed by atoms with van der Waals surface area (Å²) in [5.74, 6) is -0.0318. The van der Waals surface area contributed by atoms with E-state index in [9.17, 15) is 4.79 Å². The summed E-state index contributed by atoms with van der Waals surface area (Å²) in [4.78, 5) is 13.8. The van der Waals surface area contributed by atoms with Crippen LogP contribution in [0.4, 0.5) is 0 Å². The number of hydrogen-bond acceptors (Lipinski definition) is 3. The van der Waals surface area contributed by atoms with E-state index in [1.165, 1.54) is 0 Å². The monoisotopic (exact) mass is 258 g/mol. The topological polar surface area (TPSA) is 64.2 Å². The second-order valence-electron chi connectivity index (χ2n) is 4.38. The molecule has 2 N–H and O–H groups in total. The van der Waals surface area contributed by atoms with Gasteiger partial charge in [0.25, 0.3) is 5.91 Å². The van der Waals surface area contributed by atoms with E-state index in [4.69, 9.17) is 5.73 Å². The van der Waals surface area contributed by atoms with Gasteiger partial charge in [0.15, 0.2) is 0 Å². The minimum absolute atomic E-state index is 0.0318. The molecule has 0 atom stereocenters. The molecule has 0 aliphatic heterocycles. The lowest BCUT2D eigenvalue weighted by Crippen LogP contribution is -2.28. The number of rotatable bonds is 5. The van der Waals surface area contributed by atoms with E-state index in [2.05, 4.69) is 5.10 Å². The second-order valence-corrected chi connectivity index (χ2v) is 4.38. The number of nitrogens with zero attached hydrogens (tertiary/aromatic N) is 3. The first-order chi connectivity index (χ1) is 9.22. The SMILES string of the molecule is CN(CCCN)C(=O)c1cnn(-c2ccccc2)c1. The van der Waals surface area contributed by atoms with Crippen molar-refractivity contribution >= 4 is 5.91 Å². The summed E-state index contributed by atoms with van der Waals surface area (Å²) < 4.78 is 1.70. The zero-order valence-corrected chi connectivity index (χ0v) is 11.0. The second kappa shape index (κ2) is 6.15. The summed E-state index contributed by atoms with van der Waals surface area (Å²) in [7, 11) is 1.78. The predicted octanol–water partition coefficient (Wildman–Crippen LogP) is 1.29. The van der Waals surface area contributed by atoms with Crippen LogP contribution in [0.5, 0.6) is 0 Å². The lowest BCUT2D eigenvalue weighted by molar-refractivity contribution is 0.0794. The van der Waals surface area contributed by atoms with Crippen LogP contribution >= 0.6 is 0 Å². The number of carbonyl (C=O) groups is 1. The smallest absolute Gasteiger partial charge is 0.256 e. The van der Waals surface area contributed by atoms with E-state index in [-0.39, 0.29) is 5.91 Å². The first-order valence-corrected chi connectivity index (χ1v) is 6.28. The number of hydrogen-bond donors (Lipinski definition) is 1. The van der Waals surface area contributed by atoms with Crippen LogP contribution in [0.2, 0.25) is 0 Å². The van der Waals surface area contributed by atoms with Crippen molar-refractivity contribution < 1.29 is 4.79 Å². The summed E-state index contributed by atoms with van der Waals surface area (Å²) in [5.41, 5.74) is 6.96. The highest BCUT2D eigenvalue weighted by Crippen LogP contribution is 2.09. The molecular weight excluding hydrogens is 240 g/mol. The van der Waals surface area contributed by atoms with Crippen LogP contribution in [-0.2, 0) is 0 Å². The van der Waals surface area contributed by atoms with Crippen LogP contribution in [-0.4, -0.2) is 40.7 Å². The van der Waals surface area contributed by atoms with Gasteiger partial charge in [-0.25, -0.2) is 4.68 Å². The third kappa shape index (κ3) is 3.20. The molecule has 2 rings (SSSR count). The fourth-order valence-electron chi connectivity index (χ4n) is 1.81. The van der Waals surface area contributed by atoms with Crippen LogP contribution in [0.3, 0.4) is 0 Å². The Balaban J connectivity index is 2.11. The van der Waals surface area contributed by atoms with Crippen molar-refractivity contribution in [2.75, 3.05) is 20.1 Å². The van der Waals surface area contributed by atoms with E-state index in [1.54, 1.807) is 29.0 Å². The number of amides is 1. The molecule has 0 aliphatic carbocycles. The van der Waals surface area contributed by atoms with Crippen LogP contribution in [0.25, 0.3) is 5.69 Å². The van der Waals surface area contributed by atoms with Crippen molar-refractivity contribution in [2.45, 2.75) is 6.42 Å². The summed E-state index contributed by atoms with van der Waals surface area (Å²) in [6, 6.07) is 9.70. The van der Waals surface area contributed by atoms with Gasteiger partial charge >= 0.3 is 0 Å². The lowest BCUT2D eigenvalue weighted by atomic mass is 10.3. The van der Waals surface area contributed by atoms with Crippen LogP contribution in [0.15, 0.2) is 42.7 Å². The van der Waals surface area contributed by atoms with Crippen LogP contribution < -0.4 is 5.73 Å². The van der Waals surface area contributed by atoms with Gasteiger partial charge < -0.3 is 10.6 Å². The first-order valence-electron chi connectivity index (χ1n) is 6.28. The highest BCUT2D eigenvalue weighted by Gasteiger charge is 2.13. The minimum atomic E-state index is -0.0318. The van der Waals surface area contributed by atoms with Gasteiger partial charge in [0.2, 0.25) is 0 Å². The minimum Gasteiger partial charge on any atom is -0.342 e. The average Bonchev–Trinajstić information content (AvgIpc) is 2.94. The number of aromatic nitrogens is 2. The molecule has 1 amide bonds. The molecule has 5 nitrogen and oxygen atoms in total. The van der Waals surface area contributed by atoms with Gasteiger partial charge in [-0.05, 0) is 25.1 Å². The van der Waals surface area contributed by atoms with Gasteiger partial charge in [0.1, 0.15) is 0 Å². The molecule has 0 fully saturated rings. The quantitative estimate of drug-likeness (QED) is 0.879. The standard InChI is InChI=1S/C14H18N4O/c1-17(9-5-8-15)14(19)12-10-16-18(11-12)13-6-3-2-4-7-13/h2-4,6-7,10-11H,5,8-9,15H2,1H3. The van der Waals surface area contributed by atoms with E-state index in [0.717, 1.165) is 12.1 Å². The summed E-state index contributed by atoms with van der Waals surface area (Å²) >= 11 is 0. The molecule has 0 radical (unpaired) electrons. The van der Waals surface area contributed by atoms with Crippen molar-refractivity contribution in [1.29, 1.82) is 0 Å². The Morgan fingerprint density at radius 3 is 2.79 bits per heavy atom. The zero-order chi connectivity index (χ0) is 13.7. The van der Waals surface area contributed by atoms with E-state index in [1.807, 2.05) is 30.3 Å². The maximum Gasteiger partial charge on any atom is 0.256 e. The number of nitrogens with two attached hydrogens (primary N) is 1. The number of carbonyl (C=O) groups excluding carboxylic acids is 1. The fraction of sp³-hybridized carbons (Fsp3) is 0.286. The van der Waals surface area contributed by atoms with Crippen molar-refractivity contribution in [3.8, 4) is 5.69 Å². The molecule has 0 saturated carbocycles. The van der Waals surface area contributed by atoms with Gasteiger partial charge in [0.05, 0.1) is 17.4 Å². The Kier molecular flexibility index (Phi) is 4.30. The molecule has 0 spiro atoms. The van der Waals surface area contributed by atoms with Gasteiger partial charge in [-0.2, -0.15) is 5.10 Å². The largest absolute Gasteiger partial charge is 0.342 e. The Labute approximate surface area is 112 Å². The molecule has 2 aromatic rings. The maximum absolute atomic E-state index is 12.1. The highest BCUT2D eigenvalue weighted by atomic mass is 16.2. The van der Waals surface area contributed by atoms with Gasteiger partial charge in [-0.1, -0.05) is 18.2 Å². The first kappa shape index (κ1) is 13.3. The fourth-order valence-corrected chi connectivity index (χ4v) is 1.81. The Hall–Kier alpha value is -2.14. The molecule has 0 bridgehead atoms. The van der Waals surface area contributed by atoms with Gasteiger partial charge in [-0.15, -0.1) is 0 Å². The third-order valence-corrected chi connectivity index (χ3v) is 2.89. The Morgan fingerprint density at radius 1 is 1.37 bits per heavy atom. The molecule has 0 aliphatic rings. The van der Waals surface area contributed by atoms with Gasteiger partial charge in [-0.3, -0.25) is 4.79 Å². The third-order valence-electron chi connectivity index (χ3n) is 2.89. The maximum atomic E-state index is 12.1. The number of para-hydroxylation sites is 1. The van der Waals surface area contributed by atoms with Crippen LogP contribution in [0.1, 0.15) is 16.8 Å². The summed E-state index contributed by atoms with van der Waals surface area (Å²) in [6.45, 7) is 1.24. The summed E-state index contributed by atoms with van der Waals surface area (Å²) in [5, 5.41) is 4.21. The van der Waals surface area contributed by atoms with Crippen molar-refractivity contribution in [2.24, 2.45) is 5.73 Å². The molecule has 5 heteroatoms. The van der Waals surface area contributed by atoms with E-state index >= 15 is 0 Å². The molecule has 0 unspecified atom stereocenters. The summed E-state index contributed by atoms with van der Waals surface area (Å²) in [6.07, 6.45) is 4.14. The molecule has 1 aromatic heterocycles. The van der Waals surface area contributed by atoms with Crippen LogP contribution in [0, 0.1) is 0 Å². The zero-order valence-electron chi connectivity index (χ0n) is 11.0. The van der Waals surface area contributed by atoms with Crippen molar-refractivity contribution in [1.82, 2.24) is 14.7 Å². The predicted molar refractivity (Wildman–Crippen MR) is 74.2 cm³/mol. The van der Waals surface area contributed by atoms with Crippen molar-refractivity contribution in [3.05, 3.63) is 48.3 Å². The Bertz CT molecular complexity index is 535. The van der Waals surface area contributed by atoms with E-state index in [0.29, 0.717) is 18.7 Å². The highest BCUT2D eigenvalue weighted by molar-refractivity contribution is 5.93. The molecule has 1 aromatic carbocycles. The van der Waals surface area contributed by atoms with E-state index < -0.39 is 0 Å². The number of benzene rings is 1. The average molecular weight is 258 g/mol. The molecule has 19 heavy (non-hydrogen) atoms. The normalized spacial score (nSPS) is 10.4. The molecule has 1 heterocycles. The lowest BCUT2D eigenvalue weighted by Gasteiger charge is -2.15.